The number of methoxy groups -OCH3 is 1. The van der Waals surface area contributed by atoms with E-state index in [1.165, 1.54) is 0 Å². The molecule has 0 amide bonds. The Hall–Kier alpha value is -1.36. The smallest absolute Gasteiger partial charge is 0.234 e. The zero-order chi connectivity index (χ0) is 12.8. The number of anilines is 1. The van der Waals surface area contributed by atoms with E-state index in [-0.39, 0.29) is 6.10 Å². The van der Waals surface area contributed by atoms with E-state index in [4.69, 9.17) is 9.47 Å². The maximum Gasteiger partial charge on any atom is 0.234 e. The first kappa shape index (κ1) is 13.1. The summed E-state index contributed by atoms with van der Waals surface area (Å²) in [7, 11) is 1.76. The topological polar surface area (TPSA) is 56.3 Å². The summed E-state index contributed by atoms with van der Waals surface area (Å²) >= 11 is 0. The molecule has 1 heterocycles. The molecule has 1 N–H and O–H groups in total. The van der Waals surface area contributed by atoms with Crippen molar-refractivity contribution in [1.29, 1.82) is 0 Å². The van der Waals surface area contributed by atoms with E-state index in [1.54, 1.807) is 19.5 Å². The molecule has 1 aliphatic rings. The minimum atomic E-state index is 0.190. The highest BCUT2D eigenvalue weighted by Gasteiger charge is 2.23. The van der Waals surface area contributed by atoms with Crippen LogP contribution in [0.25, 0.3) is 0 Å². The Kier molecular flexibility index (Phi) is 4.75. The fourth-order valence-corrected chi connectivity index (χ4v) is 2.27. The predicted octanol–water partition coefficient (Wildman–Crippen LogP) is 2.24. The summed E-state index contributed by atoms with van der Waals surface area (Å²) in [4.78, 5) is 8.50. The van der Waals surface area contributed by atoms with Gasteiger partial charge in [0.15, 0.2) is 0 Å². The van der Waals surface area contributed by atoms with Crippen LogP contribution < -0.4 is 10.1 Å². The minimum absolute atomic E-state index is 0.190. The lowest BCUT2D eigenvalue weighted by atomic mass is 9.95. The van der Waals surface area contributed by atoms with Crippen molar-refractivity contribution in [3.05, 3.63) is 12.4 Å². The fraction of sp³-hybridized carbons (Fsp3) is 0.692. The van der Waals surface area contributed by atoms with Crippen molar-refractivity contribution in [2.75, 3.05) is 19.0 Å². The number of nitrogens with one attached hydrogen (secondary N) is 1. The van der Waals surface area contributed by atoms with Crippen LogP contribution >= 0.6 is 0 Å². The molecule has 2 atom stereocenters. The van der Waals surface area contributed by atoms with Crippen molar-refractivity contribution in [3.63, 3.8) is 0 Å². The zero-order valence-electron chi connectivity index (χ0n) is 11.1. The molecule has 0 spiro atoms. The van der Waals surface area contributed by atoms with Gasteiger partial charge in [0, 0.05) is 20.1 Å². The second-order valence-electron chi connectivity index (χ2n) is 4.54. The number of aromatic nitrogens is 2. The van der Waals surface area contributed by atoms with Crippen LogP contribution in [0.1, 0.15) is 32.6 Å². The third kappa shape index (κ3) is 3.57. The van der Waals surface area contributed by atoms with Crippen molar-refractivity contribution in [2.45, 2.75) is 44.8 Å². The lowest BCUT2D eigenvalue weighted by Crippen LogP contribution is -2.29. The van der Waals surface area contributed by atoms with Crippen LogP contribution in [-0.2, 0) is 4.74 Å². The van der Waals surface area contributed by atoms with Gasteiger partial charge in [-0.05, 0) is 26.2 Å². The summed E-state index contributed by atoms with van der Waals surface area (Å²) in [5, 5.41) is 3.13. The molecule has 1 aliphatic carbocycles. The van der Waals surface area contributed by atoms with Crippen molar-refractivity contribution in [3.8, 4) is 5.88 Å². The van der Waals surface area contributed by atoms with Crippen LogP contribution in [0.15, 0.2) is 12.4 Å². The van der Waals surface area contributed by atoms with Gasteiger partial charge in [0.2, 0.25) is 5.88 Å². The maximum absolute atomic E-state index is 5.88. The Morgan fingerprint density at radius 3 is 2.94 bits per heavy atom. The highest BCUT2D eigenvalue weighted by atomic mass is 16.5. The van der Waals surface area contributed by atoms with Gasteiger partial charge in [0.25, 0.3) is 0 Å². The van der Waals surface area contributed by atoms with Gasteiger partial charge < -0.3 is 14.8 Å². The molecule has 0 bridgehead atoms. The van der Waals surface area contributed by atoms with Crippen molar-refractivity contribution in [1.82, 2.24) is 9.97 Å². The number of hydrogen-bond donors (Lipinski definition) is 1. The van der Waals surface area contributed by atoms with E-state index in [2.05, 4.69) is 15.3 Å². The Balaban J connectivity index is 1.93. The Morgan fingerprint density at radius 1 is 1.33 bits per heavy atom. The molecule has 0 aliphatic heterocycles. The molecule has 18 heavy (non-hydrogen) atoms. The minimum Gasteiger partial charge on any atom is -0.473 e. The van der Waals surface area contributed by atoms with Gasteiger partial charge >= 0.3 is 0 Å². The van der Waals surface area contributed by atoms with Gasteiger partial charge in [0.05, 0.1) is 18.5 Å². The molecule has 0 aromatic carbocycles. The van der Waals surface area contributed by atoms with Crippen molar-refractivity contribution >= 4 is 5.82 Å². The van der Waals surface area contributed by atoms with Crippen LogP contribution in [0.3, 0.4) is 0 Å². The summed E-state index contributed by atoms with van der Waals surface area (Å²) in [6, 6.07) is 0. The maximum atomic E-state index is 5.88. The first-order valence-corrected chi connectivity index (χ1v) is 6.57. The monoisotopic (exact) mass is 251 g/mol. The molecule has 2 unspecified atom stereocenters. The van der Waals surface area contributed by atoms with Crippen LogP contribution in [0.5, 0.6) is 5.88 Å². The largest absolute Gasteiger partial charge is 0.473 e. The van der Waals surface area contributed by atoms with Crippen LogP contribution in [0.4, 0.5) is 5.82 Å². The fourth-order valence-electron chi connectivity index (χ4n) is 2.27. The van der Waals surface area contributed by atoms with E-state index in [0.29, 0.717) is 12.0 Å². The van der Waals surface area contributed by atoms with Gasteiger partial charge in [-0.25, -0.2) is 0 Å². The average molecular weight is 251 g/mol. The number of ether oxygens (including phenoxy) is 2. The van der Waals surface area contributed by atoms with Crippen molar-refractivity contribution < 1.29 is 9.47 Å². The molecule has 0 radical (unpaired) electrons. The highest BCUT2D eigenvalue weighted by molar-refractivity contribution is 5.32. The Labute approximate surface area is 108 Å². The molecular weight excluding hydrogens is 230 g/mol. The SMILES string of the molecule is CCNc1cncc(OC2CCCC(OC)C2)n1. The van der Waals surface area contributed by atoms with Crippen LogP contribution in [0.2, 0.25) is 0 Å². The van der Waals surface area contributed by atoms with E-state index in [1.807, 2.05) is 6.92 Å². The first-order valence-electron chi connectivity index (χ1n) is 6.57. The van der Waals surface area contributed by atoms with E-state index in [9.17, 15) is 0 Å². The first-order chi connectivity index (χ1) is 8.81. The highest BCUT2D eigenvalue weighted by Crippen LogP contribution is 2.24. The van der Waals surface area contributed by atoms with E-state index in [0.717, 1.165) is 38.0 Å². The number of nitrogens with zero attached hydrogens (tertiary/aromatic N) is 2. The summed E-state index contributed by atoms with van der Waals surface area (Å²) in [6.45, 7) is 2.85. The van der Waals surface area contributed by atoms with Gasteiger partial charge in [0.1, 0.15) is 11.9 Å². The molecule has 1 saturated carbocycles. The molecule has 2 rings (SSSR count). The molecule has 100 valence electrons. The third-order valence-electron chi connectivity index (χ3n) is 3.17. The van der Waals surface area contributed by atoms with E-state index < -0.39 is 0 Å². The Morgan fingerprint density at radius 2 is 2.17 bits per heavy atom. The molecule has 1 fully saturated rings. The molecule has 5 nitrogen and oxygen atoms in total. The molecule has 5 heteroatoms. The predicted molar refractivity (Wildman–Crippen MR) is 69.9 cm³/mol. The lowest BCUT2D eigenvalue weighted by Gasteiger charge is -2.28. The second-order valence-corrected chi connectivity index (χ2v) is 4.54. The van der Waals surface area contributed by atoms with Gasteiger partial charge in [-0.1, -0.05) is 0 Å². The average Bonchev–Trinajstić information content (AvgIpc) is 2.40. The lowest BCUT2D eigenvalue weighted by molar-refractivity contribution is 0.0194. The number of rotatable bonds is 5. The molecule has 0 saturated heterocycles. The van der Waals surface area contributed by atoms with Gasteiger partial charge in [-0.3, -0.25) is 4.98 Å². The summed E-state index contributed by atoms with van der Waals surface area (Å²) in [5.41, 5.74) is 0. The quantitative estimate of drug-likeness (QED) is 0.869. The second kappa shape index (κ2) is 6.54. The van der Waals surface area contributed by atoms with Gasteiger partial charge in [-0.2, -0.15) is 4.98 Å². The molecule has 1 aromatic heterocycles. The summed E-state index contributed by atoms with van der Waals surface area (Å²) in [5.74, 6) is 1.35. The molecule has 1 aromatic rings. The summed E-state index contributed by atoms with van der Waals surface area (Å²) < 4.78 is 11.3. The van der Waals surface area contributed by atoms with Crippen LogP contribution in [-0.4, -0.2) is 35.8 Å². The third-order valence-corrected chi connectivity index (χ3v) is 3.17. The van der Waals surface area contributed by atoms with Crippen molar-refractivity contribution in [2.24, 2.45) is 0 Å². The standard InChI is InChI=1S/C13H21N3O2/c1-3-15-12-8-14-9-13(16-12)18-11-6-4-5-10(7-11)17-2/h8-11H,3-7H2,1-2H3,(H,15,16). The van der Waals surface area contributed by atoms with Gasteiger partial charge in [-0.15, -0.1) is 0 Å². The van der Waals surface area contributed by atoms with E-state index >= 15 is 0 Å². The van der Waals surface area contributed by atoms with Crippen LogP contribution in [0, 0.1) is 0 Å². The Bertz CT molecular complexity index is 373. The number of hydrogen-bond acceptors (Lipinski definition) is 5. The normalized spacial score (nSPS) is 23.7. The molecular formula is C13H21N3O2. The summed E-state index contributed by atoms with van der Waals surface area (Å²) in [6.07, 6.45) is 8.13. The zero-order valence-corrected chi connectivity index (χ0v) is 11.1.